The highest BCUT2D eigenvalue weighted by Gasteiger charge is 2.21. The number of nitrogens with one attached hydrogen (secondary N) is 2. The van der Waals surface area contributed by atoms with Crippen LogP contribution in [0.1, 0.15) is 39.9 Å². The normalized spacial score (nSPS) is 12.5. The number of anilines is 2. The number of rotatable bonds is 5. The van der Waals surface area contributed by atoms with Crippen molar-refractivity contribution in [2.45, 2.75) is 32.6 Å². The fourth-order valence-electron chi connectivity index (χ4n) is 4.35. The number of hydrogen-bond donors (Lipinski definition) is 2. The van der Waals surface area contributed by atoms with E-state index in [2.05, 4.69) is 35.7 Å². The zero-order valence-corrected chi connectivity index (χ0v) is 21.4. The molecule has 0 saturated carbocycles. The molecular weight excluding hydrogens is 485 g/mol. The fraction of sp³-hybridized carbons (Fsp3) is 0.259. The van der Waals surface area contributed by atoms with E-state index in [0.29, 0.717) is 16.5 Å². The summed E-state index contributed by atoms with van der Waals surface area (Å²) in [6.45, 7) is 1.86. The van der Waals surface area contributed by atoms with Crippen molar-refractivity contribution in [2.75, 3.05) is 24.3 Å². The average molecular weight is 512 g/mol. The van der Waals surface area contributed by atoms with E-state index in [1.165, 1.54) is 23.2 Å². The Balaban J connectivity index is 1.51. The number of hydrogen-bond acceptors (Lipinski definition) is 4. The number of urea groups is 1. The van der Waals surface area contributed by atoms with Crippen molar-refractivity contribution >= 4 is 46.5 Å². The van der Waals surface area contributed by atoms with Gasteiger partial charge in [0, 0.05) is 31.0 Å². The summed E-state index contributed by atoms with van der Waals surface area (Å²) in [5, 5.41) is 5.54. The minimum absolute atomic E-state index is 0.214. The second kappa shape index (κ2) is 10.6. The summed E-state index contributed by atoms with van der Waals surface area (Å²) >= 11 is 12.6. The third kappa shape index (κ3) is 5.55. The summed E-state index contributed by atoms with van der Waals surface area (Å²) in [6, 6.07) is 13.3. The van der Waals surface area contributed by atoms with Crippen molar-refractivity contribution in [1.29, 1.82) is 0 Å². The molecule has 0 unspecified atom stereocenters. The van der Waals surface area contributed by atoms with Gasteiger partial charge in [0.1, 0.15) is 11.5 Å². The molecule has 3 aromatic rings. The Morgan fingerprint density at radius 3 is 2.34 bits per heavy atom. The van der Waals surface area contributed by atoms with E-state index in [-0.39, 0.29) is 10.6 Å². The Kier molecular flexibility index (Phi) is 7.53. The van der Waals surface area contributed by atoms with Crippen molar-refractivity contribution in [2.24, 2.45) is 0 Å². The van der Waals surface area contributed by atoms with Crippen LogP contribution in [0.15, 0.2) is 48.5 Å². The molecule has 0 saturated heterocycles. The van der Waals surface area contributed by atoms with Crippen LogP contribution in [-0.2, 0) is 12.8 Å². The van der Waals surface area contributed by atoms with Gasteiger partial charge in [-0.3, -0.25) is 10.1 Å². The van der Waals surface area contributed by atoms with Gasteiger partial charge in [0.2, 0.25) is 0 Å². The molecule has 0 bridgehead atoms. The van der Waals surface area contributed by atoms with Gasteiger partial charge in [0.15, 0.2) is 0 Å². The standard InChI is InChI=1S/C27H27Cl2N3O3/c1-16-14-17(30-27(34)31-26(33)20-10-6-7-11-21(20)28)15-22(29)25(16)35-24-13-12-23(32(2)3)18-8-4-5-9-19(18)24/h6-7,10-15H,4-5,8-9H2,1-3H3,(H2,30,31,33,34). The molecule has 0 aliphatic heterocycles. The monoisotopic (exact) mass is 511 g/mol. The maximum Gasteiger partial charge on any atom is 0.326 e. The van der Waals surface area contributed by atoms with Crippen LogP contribution in [0.25, 0.3) is 0 Å². The molecule has 0 radical (unpaired) electrons. The van der Waals surface area contributed by atoms with E-state index in [0.717, 1.165) is 30.6 Å². The number of aryl methyl sites for hydroxylation is 1. The van der Waals surface area contributed by atoms with Gasteiger partial charge in [-0.1, -0.05) is 35.3 Å². The zero-order valence-electron chi connectivity index (χ0n) is 19.9. The number of imide groups is 1. The van der Waals surface area contributed by atoms with Gasteiger partial charge >= 0.3 is 6.03 Å². The van der Waals surface area contributed by atoms with Crippen LogP contribution in [0, 0.1) is 6.92 Å². The highest BCUT2D eigenvalue weighted by molar-refractivity contribution is 6.34. The van der Waals surface area contributed by atoms with Crippen LogP contribution in [0.4, 0.5) is 16.2 Å². The van der Waals surface area contributed by atoms with Crippen molar-refractivity contribution in [3.8, 4) is 11.5 Å². The molecule has 0 fully saturated rings. The quantitative estimate of drug-likeness (QED) is 0.386. The highest BCUT2D eigenvalue weighted by Crippen LogP contribution is 2.41. The predicted molar refractivity (Wildman–Crippen MR) is 142 cm³/mol. The van der Waals surface area contributed by atoms with E-state index in [4.69, 9.17) is 27.9 Å². The van der Waals surface area contributed by atoms with Gasteiger partial charge in [-0.25, -0.2) is 4.79 Å². The summed E-state index contributed by atoms with van der Waals surface area (Å²) in [4.78, 5) is 26.9. The van der Waals surface area contributed by atoms with Gasteiger partial charge in [-0.15, -0.1) is 0 Å². The van der Waals surface area contributed by atoms with E-state index in [9.17, 15) is 9.59 Å². The molecule has 1 aliphatic rings. The number of benzene rings is 3. The Bertz CT molecular complexity index is 1270. The first-order chi connectivity index (χ1) is 16.7. The number of nitrogens with zero attached hydrogens (tertiary/aromatic N) is 1. The van der Waals surface area contributed by atoms with Crippen LogP contribution >= 0.6 is 23.2 Å². The molecule has 6 nitrogen and oxygen atoms in total. The first-order valence-corrected chi connectivity index (χ1v) is 12.2. The van der Waals surface area contributed by atoms with Crippen LogP contribution < -0.4 is 20.3 Å². The lowest BCUT2D eigenvalue weighted by Gasteiger charge is -2.26. The Morgan fingerprint density at radius 1 is 0.943 bits per heavy atom. The van der Waals surface area contributed by atoms with Gasteiger partial charge in [0.05, 0.1) is 15.6 Å². The predicted octanol–water partition coefficient (Wildman–Crippen LogP) is 7.00. The third-order valence-electron chi connectivity index (χ3n) is 5.99. The number of carbonyl (C=O) groups excluding carboxylic acids is 2. The number of ether oxygens (including phenoxy) is 1. The number of carbonyl (C=O) groups is 2. The maximum atomic E-state index is 12.4. The summed E-state index contributed by atoms with van der Waals surface area (Å²) in [5.74, 6) is 0.746. The molecule has 2 N–H and O–H groups in total. The van der Waals surface area contributed by atoms with E-state index in [1.807, 2.05) is 13.0 Å². The largest absolute Gasteiger partial charge is 0.455 e. The van der Waals surface area contributed by atoms with Crippen molar-refractivity contribution in [3.05, 3.63) is 80.8 Å². The molecule has 0 spiro atoms. The van der Waals surface area contributed by atoms with Crippen LogP contribution in [-0.4, -0.2) is 26.0 Å². The van der Waals surface area contributed by atoms with E-state index < -0.39 is 11.9 Å². The summed E-state index contributed by atoms with van der Waals surface area (Å²) in [7, 11) is 4.10. The number of fused-ring (bicyclic) bond motifs is 1. The van der Waals surface area contributed by atoms with Crippen LogP contribution in [0.3, 0.4) is 0 Å². The first-order valence-electron chi connectivity index (χ1n) is 11.4. The smallest absolute Gasteiger partial charge is 0.326 e. The van der Waals surface area contributed by atoms with Crippen LogP contribution in [0.2, 0.25) is 10.0 Å². The number of halogens is 2. The van der Waals surface area contributed by atoms with E-state index in [1.54, 1.807) is 36.4 Å². The van der Waals surface area contributed by atoms with E-state index >= 15 is 0 Å². The minimum Gasteiger partial charge on any atom is -0.455 e. The second-order valence-electron chi connectivity index (χ2n) is 8.74. The fourth-order valence-corrected chi connectivity index (χ4v) is 4.88. The Labute approximate surface area is 215 Å². The molecule has 0 aromatic heterocycles. The molecule has 4 rings (SSSR count). The molecule has 35 heavy (non-hydrogen) atoms. The molecule has 182 valence electrons. The molecule has 0 atom stereocenters. The summed E-state index contributed by atoms with van der Waals surface area (Å²) < 4.78 is 6.32. The molecule has 3 aromatic carbocycles. The lowest BCUT2D eigenvalue weighted by molar-refractivity contribution is 0.0967. The first kappa shape index (κ1) is 24.9. The lowest BCUT2D eigenvalue weighted by Crippen LogP contribution is -2.34. The van der Waals surface area contributed by atoms with Crippen molar-refractivity contribution < 1.29 is 14.3 Å². The number of amides is 3. The van der Waals surface area contributed by atoms with Gasteiger partial charge < -0.3 is 15.0 Å². The van der Waals surface area contributed by atoms with Gasteiger partial charge in [-0.2, -0.15) is 0 Å². The Morgan fingerprint density at radius 2 is 1.66 bits per heavy atom. The molecular formula is C27H27Cl2N3O3. The topological polar surface area (TPSA) is 70.7 Å². The summed E-state index contributed by atoms with van der Waals surface area (Å²) in [6.07, 6.45) is 4.27. The van der Waals surface area contributed by atoms with Crippen molar-refractivity contribution in [1.82, 2.24) is 5.32 Å². The molecule has 1 aliphatic carbocycles. The van der Waals surface area contributed by atoms with Crippen molar-refractivity contribution in [3.63, 3.8) is 0 Å². The van der Waals surface area contributed by atoms with Gasteiger partial charge in [-0.05, 0) is 80.1 Å². The second-order valence-corrected chi connectivity index (χ2v) is 9.55. The lowest BCUT2D eigenvalue weighted by atomic mass is 9.89. The zero-order chi connectivity index (χ0) is 25.1. The maximum absolute atomic E-state index is 12.4. The molecule has 8 heteroatoms. The average Bonchev–Trinajstić information content (AvgIpc) is 2.81. The van der Waals surface area contributed by atoms with Gasteiger partial charge in [0.25, 0.3) is 5.91 Å². The third-order valence-corrected chi connectivity index (χ3v) is 6.60. The molecule has 3 amide bonds. The van der Waals surface area contributed by atoms with Crippen LogP contribution in [0.5, 0.6) is 11.5 Å². The Hall–Kier alpha value is -3.22. The minimum atomic E-state index is -0.688. The SMILES string of the molecule is Cc1cc(NC(=O)NC(=O)c2ccccc2Cl)cc(Cl)c1Oc1ccc(N(C)C)c2c1CCCC2. The molecule has 0 heterocycles. The summed E-state index contributed by atoms with van der Waals surface area (Å²) in [5.41, 5.74) is 5.17. The highest BCUT2D eigenvalue weighted by atomic mass is 35.5.